The molecule has 0 aliphatic carbocycles. The van der Waals surface area contributed by atoms with Gasteiger partial charge in [0.15, 0.2) is 5.65 Å². The number of ether oxygens (including phenoxy) is 1. The molecule has 0 radical (unpaired) electrons. The van der Waals surface area contributed by atoms with Crippen molar-refractivity contribution >= 4 is 27.9 Å². The third-order valence-corrected chi connectivity index (χ3v) is 2.59. The van der Waals surface area contributed by atoms with Crippen LogP contribution in [-0.4, -0.2) is 22.1 Å². The fourth-order valence-electron chi connectivity index (χ4n) is 1.74. The first kappa shape index (κ1) is 9.77. The standard InChI is InChI=1S/C12H10N4O/c1-17-9-3-2-7-4-8-6-14-12(13)16-11(8)15-10(7)5-9/h2-6H,1H3,(H2,13,14,15,16). The van der Waals surface area contributed by atoms with E-state index >= 15 is 0 Å². The average Bonchev–Trinajstić information content (AvgIpc) is 2.35. The molecule has 84 valence electrons. The van der Waals surface area contributed by atoms with E-state index in [1.54, 1.807) is 13.3 Å². The zero-order chi connectivity index (χ0) is 11.8. The number of benzene rings is 1. The first-order valence-corrected chi connectivity index (χ1v) is 5.13. The summed E-state index contributed by atoms with van der Waals surface area (Å²) in [5.41, 5.74) is 6.96. The SMILES string of the molecule is COc1ccc2cc3cnc(N)nc3nc2c1. The minimum absolute atomic E-state index is 0.229. The molecule has 2 heterocycles. The maximum Gasteiger partial charge on any atom is 0.222 e. The van der Waals surface area contributed by atoms with Crippen LogP contribution in [0.15, 0.2) is 30.5 Å². The number of fused-ring (bicyclic) bond motifs is 2. The van der Waals surface area contributed by atoms with Crippen molar-refractivity contribution in [3.8, 4) is 5.75 Å². The van der Waals surface area contributed by atoms with E-state index in [1.807, 2.05) is 24.3 Å². The summed E-state index contributed by atoms with van der Waals surface area (Å²) in [5, 5.41) is 1.89. The molecule has 0 aliphatic rings. The number of hydrogen-bond donors (Lipinski definition) is 1. The highest BCUT2D eigenvalue weighted by Gasteiger charge is 2.03. The molecule has 0 unspecified atom stereocenters. The van der Waals surface area contributed by atoms with E-state index in [-0.39, 0.29) is 5.95 Å². The second-order valence-electron chi connectivity index (χ2n) is 3.69. The van der Waals surface area contributed by atoms with Gasteiger partial charge < -0.3 is 10.5 Å². The highest BCUT2D eigenvalue weighted by atomic mass is 16.5. The lowest BCUT2D eigenvalue weighted by Gasteiger charge is -2.03. The number of rotatable bonds is 1. The average molecular weight is 226 g/mol. The highest BCUT2D eigenvalue weighted by Crippen LogP contribution is 2.22. The molecule has 3 rings (SSSR count). The van der Waals surface area contributed by atoms with E-state index in [4.69, 9.17) is 10.5 Å². The third kappa shape index (κ3) is 1.61. The Balaban J connectivity index is 2.36. The Morgan fingerprint density at radius 3 is 2.82 bits per heavy atom. The van der Waals surface area contributed by atoms with Gasteiger partial charge >= 0.3 is 0 Å². The van der Waals surface area contributed by atoms with Crippen molar-refractivity contribution < 1.29 is 4.74 Å². The fraction of sp³-hybridized carbons (Fsp3) is 0.0833. The van der Waals surface area contributed by atoms with Crippen molar-refractivity contribution in [1.82, 2.24) is 15.0 Å². The topological polar surface area (TPSA) is 73.9 Å². The minimum Gasteiger partial charge on any atom is -0.497 e. The van der Waals surface area contributed by atoms with Crippen molar-refractivity contribution in [3.63, 3.8) is 0 Å². The Bertz CT molecular complexity index is 711. The van der Waals surface area contributed by atoms with E-state index in [9.17, 15) is 0 Å². The molecule has 2 N–H and O–H groups in total. The molecule has 0 aliphatic heterocycles. The number of aromatic nitrogens is 3. The molecule has 2 aromatic heterocycles. The second kappa shape index (κ2) is 3.55. The predicted molar refractivity (Wildman–Crippen MR) is 65.8 cm³/mol. The zero-order valence-corrected chi connectivity index (χ0v) is 9.21. The van der Waals surface area contributed by atoms with E-state index in [1.165, 1.54) is 0 Å². The van der Waals surface area contributed by atoms with Gasteiger partial charge in [-0.1, -0.05) is 0 Å². The maximum absolute atomic E-state index is 5.54. The number of hydrogen-bond acceptors (Lipinski definition) is 5. The van der Waals surface area contributed by atoms with Crippen molar-refractivity contribution in [2.24, 2.45) is 0 Å². The van der Waals surface area contributed by atoms with E-state index in [2.05, 4.69) is 15.0 Å². The van der Waals surface area contributed by atoms with Gasteiger partial charge in [0.25, 0.3) is 0 Å². The Morgan fingerprint density at radius 1 is 1.12 bits per heavy atom. The molecule has 0 saturated carbocycles. The molecule has 0 saturated heterocycles. The first-order chi connectivity index (χ1) is 8.26. The highest BCUT2D eigenvalue weighted by molar-refractivity contribution is 5.91. The van der Waals surface area contributed by atoms with E-state index < -0.39 is 0 Å². The van der Waals surface area contributed by atoms with Crippen molar-refractivity contribution in [3.05, 3.63) is 30.5 Å². The van der Waals surface area contributed by atoms with Crippen LogP contribution in [0.4, 0.5) is 5.95 Å². The summed E-state index contributed by atoms with van der Waals surface area (Å²) in [4.78, 5) is 12.5. The molecule has 0 spiro atoms. The van der Waals surface area contributed by atoms with Crippen molar-refractivity contribution in [2.75, 3.05) is 12.8 Å². The lowest BCUT2D eigenvalue weighted by Crippen LogP contribution is -1.96. The van der Waals surface area contributed by atoms with Crippen molar-refractivity contribution in [1.29, 1.82) is 0 Å². The summed E-state index contributed by atoms with van der Waals surface area (Å²) in [6.45, 7) is 0. The van der Waals surface area contributed by atoms with Gasteiger partial charge in [-0.05, 0) is 18.2 Å². The molecule has 5 heteroatoms. The molecule has 3 aromatic rings. The van der Waals surface area contributed by atoms with Crippen LogP contribution in [0.5, 0.6) is 5.75 Å². The lowest BCUT2D eigenvalue weighted by atomic mass is 10.2. The normalized spacial score (nSPS) is 10.9. The van der Waals surface area contributed by atoms with Gasteiger partial charge in [0, 0.05) is 23.0 Å². The van der Waals surface area contributed by atoms with Crippen LogP contribution in [0.25, 0.3) is 21.9 Å². The molecule has 0 bridgehead atoms. The Hall–Kier alpha value is -2.43. The molecule has 17 heavy (non-hydrogen) atoms. The molecule has 1 aromatic carbocycles. The van der Waals surface area contributed by atoms with Gasteiger partial charge in [-0.15, -0.1) is 0 Å². The van der Waals surface area contributed by atoms with Gasteiger partial charge in [0.2, 0.25) is 5.95 Å². The maximum atomic E-state index is 5.54. The van der Waals surface area contributed by atoms with Crippen LogP contribution in [0, 0.1) is 0 Å². The number of nitrogens with zero attached hydrogens (tertiary/aromatic N) is 3. The largest absolute Gasteiger partial charge is 0.497 e. The summed E-state index contributed by atoms with van der Waals surface area (Å²) in [7, 11) is 1.63. The number of nitrogens with two attached hydrogens (primary N) is 1. The van der Waals surface area contributed by atoms with Gasteiger partial charge in [0.1, 0.15) is 5.75 Å². The van der Waals surface area contributed by atoms with Crippen LogP contribution < -0.4 is 10.5 Å². The van der Waals surface area contributed by atoms with Gasteiger partial charge in [0.05, 0.1) is 12.6 Å². The molecule has 0 atom stereocenters. The predicted octanol–water partition coefficient (Wildman–Crippen LogP) is 1.77. The van der Waals surface area contributed by atoms with Crippen LogP contribution in [0.3, 0.4) is 0 Å². The molecule has 0 amide bonds. The monoisotopic (exact) mass is 226 g/mol. The van der Waals surface area contributed by atoms with E-state index in [0.29, 0.717) is 5.65 Å². The first-order valence-electron chi connectivity index (χ1n) is 5.13. The summed E-state index contributed by atoms with van der Waals surface area (Å²) < 4.78 is 5.16. The molecular formula is C12H10N4O. The number of methoxy groups -OCH3 is 1. The lowest BCUT2D eigenvalue weighted by molar-refractivity contribution is 0.415. The van der Waals surface area contributed by atoms with Crippen molar-refractivity contribution in [2.45, 2.75) is 0 Å². The summed E-state index contributed by atoms with van der Waals surface area (Å²) in [6, 6.07) is 7.70. The van der Waals surface area contributed by atoms with Gasteiger partial charge in [-0.2, -0.15) is 4.98 Å². The minimum atomic E-state index is 0.229. The fourth-order valence-corrected chi connectivity index (χ4v) is 1.74. The zero-order valence-electron chi connectivity index (χ0n) is 9.21. The summed E-state index contributed by atoms with van der Waals surface area (Å²) in [6.07, 6.45) is 1.67. The molecule has 5 nitrogen and oxygen atoms in total. The number of pyridine rings is 1. The smallest absolute Gasteiger partial charge is 0.222 e. The third-order valence-electron chi connectivity index (χ3n) is 2.59. The van der Waals surface area contributed by atoms with Crippen LogP contribution in [0.1, 0.15) is 0 Å². The number of nitrogen functional groups attached to an aromatic ring is 1. The van der Waals surface area contributed by atoms with Crippen LogP contribution in [-0.2, 0) is 0 Å². The van der Waals surface area contributed by atoms with Gasteiger partial charge in [-0.25, -0.2) is 9.97 Å². The second-order valence-corrected chi connectivity index (χ2v) is 3.69. The molecular weight excluding hydrogens is 216 g/mol. The van der Waals surface area contributed by atoms with Gasteiger partial charge in [-0.3, -0.25) is 0 Å². The summed E-state index contributed by atoms with van der Waals surface area (Å²) >= 11 is 0. The van der Waals surface area contributed by atoms with Crippen LogP contribution >= 0.6 is 0 Å². The Labute approximate surface area is 97.3 Å². The van der Waals surface area contributed by atoms with Crippen LogP contribution in [0.2, 0.25) is 0 Å². The summed E-state index contributed by atoms with van der Waals surface area (Å²) in [5.74, 6) is 0.999. The molecule has 0 fully saturated rings. The Kier molecular flexibility index (Phi) is 2.04. The van der Waals surface area contributed by atoms with E-state index in [0.717, 1.165) is 22.0 Å². The quantitative estimate of drug-likeness (QED) is 0.640. The Morgan fingerprint density at radius 2 is 2.00 bits per heavy atom. The number of anilines is 1.